The highest BCUT2D eigenvalue weighted by Crippen LogP contribution is 2.18. The standard InChI is InChI=1S/C14H21N3O2/c1-3-11(2)8-14(18)17-7-4-12(10-17)19-13-9-15-5-6-16-13/h5-6,9,11-12H,3-4,7-8,10H2,1-2H3. The Balaban J connectivity index is 1.81. The van der Waals surface area contributed by atoms with Crippen molar-refractivity contribution >= 4 is 5.91 Å². The van der Waals surface area contributed by atoms with E-state index in [0.717, 1.165) is 19.4 Å². The minimum Gasteiger partial charge on any atom is -0.471 e. The van der Waals surface area contributed by atoms with Crippen molar-refractivity contribution in [1.82, 2.24) is 14.9 Å². The average molecular weight is 263 g/mol. The predicted molar refractivity (Wildman–Crippen MR) is 71.7 cm³/mol. The zero-order valence-electron chi connectivity index (χ0n) is 11.6. The summed E-state index contributed by atoms with van der Waals surface area (Å²) in [5.74, 6) is 1.22. The van der Waals surface area contributed by atoms with E-state index < -0.39 is 0 Å². The van der Waals surface area contributed by atoms with Crippen LogP contribution in [0, 0.1) is 5.92 Å². The van der Waals surface area contributed by atoms with E-state index in [1.165, 1.54) is 0 Å². The second kappa shape index (κ2) is 6.50. The van der Waals surface area contributed by atoms with Gasteiger partial charge in [-0.15, -0.1) is 0 Å². The number of nitrogens with zero attached hydrogens (tertiary/aromatic N) is 3. The topological polar surface area (TPSA) is 55.3 Å². The zero-order valence-corrected chi connectivity index (χ0v) is 11.6. The Bertz CT molecular complexity index is 410. The minimum absolute atomic E-state index is 0.0394. The monoisotopic (exact) mass is 263 g/mol. The van der Waals surface area contributed by atoms with Crippen molar-refractivity contribution in [1.29, 1.82) is 0 Å². The maximum Gasteiger partial charge on any atom is 0.232 e. The van der Waals surface area contributed by atoms with Crippen LogP contribution in [0.2, 0.25) is 0 Å². The summed E-state index contributed by atoms with van der Waals surface area (Å²) in [7, 11) is 0. The molecule has 1 aliphatic heterocycles. The molecule has 0 aliphatic carbocycles. The lowest BCUT2D eigenvalue weighted by Gasteiger charge is -2.18. The van der Waals surface area contributed by atoms with Crippen molar-refractivity contribution in [2.24, 2.45) is 5.92 Å². The van der Waals surface area contributed by atoms with Gasteiger partial charge in [-0.1, -0.05) is 20.3 Å². The number of ether oxygens (including phenoxy) is 1. The van der Waals surface area contributed by atoms with Gasteiger partial charge in [0, 0.05) is 31.8 Å². The Morgan fingerprint density at radius 1 is 1.58 bits per heavy atom. The minimum atomic E-state index is 0.0394. The Morgan fingerprint density at radius 2 is 2.42 bits per heavy atom. The van der Waals surface area contributed by atoms with Gasteiger partial charge in [-0.05, 0) is 5.92 Å². The number of carbonyl (C=O) groups excluding carboxylic acids is 1. The van der Waals surface area contributed by atoms with Crippen molar-refractivity contribution in [2.75, 3.05) is 13.1 Å². The summed E-state index contributed by atoms with van der Waals surface area (Å²) in [5.41, 5.74) is 0. The molecule has 1 aliphatic rings. The molecule has 2 unspecified atom stereocenters. The molecule has 0 spiro atoms. The van der Waals surface area contributed by atoms with Crippen LogP contribution in [0.3, 0.4) is 0 Å². The lowest BCUT2D eigenvalue weighted by atomic mass is 10.0. The van der Waals surface area contributed by atoms with Crippen molar-refractivity contribution in [3.8, 4) is 5.88 Å². The Labute approximate surface area is 114 Å². The quantitative estimate of drug-likeness (QED) is 0.814. The molecule has 1 saturated heterocycles. The molecule has 0 bridgehead atoms. The van der Waals surface area contributed by atoms with Crippen LogP contribution in [-0.4, -0.2) is 40.0 Å². The molecule has 0 radical (unpaired) electrons. The van der Waals surface area contributed by atoms with Gasteiger partial charge in [0.05, 0.1) is 12.7 Å². The molecule has 2 heterocycles. The van der Waals surface area contributed by atoms with Crippen LogP contribution in [0.15, 0.2) is 18.6 Å². The van der Waals surface area contributed by atoms with Crippen LogP contribution in [0.5, 0.6) is 5.88 Å². The van der Waals surface area contributed by atoms with Crippen LogP contribution < -0.4 is 4.74 Å². The fourth-order valence-corrected chi connectivity index (χ4v) is 2.14. The summed E-state index contributed by atoms with van der Waals surface area (Å²) in [4.78, 5) is 22.0. The van der Waals surface area contributed by atoms with Crippen molar-refractivity contribution < 1.29 is 9.53 Å². The van der Waals surface area contributed by atoms with Crippen LogP contribution in [0.25, 0.3) is 0 Å². The molecule has 1 aromatic heterocycles. The molecule has 5 nitrogen and oxygen atoms in total. The fourth-order valence-electron chi connectivity index (χ4n) is 2.14. The molecule has 0 saturated carbocycles. The Morgan fingerprint density at radius 3 is 3.11 bits per heavy atom. The molecule has 0 aromatic carbocycles. The first-order chi connectivity index (χ1) is 9.19. The first-order valence-electron chi connectivity index (χ1n) is 6.89. The maximum absolute atomic E-state index is 12.1. The molecule has 19 heavy (non-hydrogen) atoms. The highest BCUT2D eigenvalue weighted by atomic mass is 16.5. The molecule has 104 valence electrons. The summed E-state index contributed by atoms with van der Waals surface area (Å²) in [6.45, 7) is 5.66. The number of hydrogen-bond donors (Lipinski definition) is 0. The summed E-state index contributed by atoms with van der Waals surface area (Å²) in [6, 6.07) is 0. The SMILES string of the molecule is CCC(C)CC(=O)N1CCC(Oc2cnccn2)C1. The first kappa shape index (κ1) is 13.8. The number of rotatable bonds is 5. The normalized spacial score (nSPS) is 20.3. The number of carbonyl (C=O) groups is 1. The van der Waals surface area contributed by atoms with E-state index in [1.807, 2.05) is 4.90 Å². The third kappa shape index (κ3) is 3.91. The predicted octanol–water partition coefficient (Wildman–Crippen LogP) is 1.89. The zero-order chi connectivity index (χ0) is 13.7. The number of likely N-dealkylation sites (tertiary alicyclic amines) is 1. The number of aromatic nitrogens is 2. The van der Waals surface area contributed by atoms with E-state index in [4.69, 9.17) is 4.74 Å². The third-order valence-electron chi connectivity index (χ3n) is 3.54. The number of hydrogen-bond acceptors (Lipinski definition) is 4. The average Bonchev–Trinajstić information content (AvgIpc) is 2.88. The summed E-state index contributed by atoms with van der Waals surface area (Å²) in [6.07, 6.45) is 7.40. The van der Waals surface area contributed by atoms with Crippen LogP contribution in [0.1, 0.15) is 33.1 Å². The van der Waals surface area contributed by atoms with E-state index in [9.17, 15) is 4.79 Å². The second-order valence-corrected chi connectivity index (χ2v) is 5.13. The van der Waals surface area contributed by atoms with E-state index in [0.29, 0.717) is 24.8 Å². The maximum atomic E-state index is 12.1. The van der Waals surface area contributed by atoms with Gasteiger partial charge in [-0.2, -0.15) is 0 Å². The summed E-state index contributed by atoms with van der Waals surface area (Å²) >= 11 is 0. The first-order valence-corrected chi connectivity index (χ1v) is 6.89. The van der Waals surface area contributed by atoms with Gasteiger partial charge in [0.1, 0.15) is 6.10 Å². The fraction of sp³-hybridized carbons (Fsp3) is 0.643. The molecule has 1 fully saturated rings. The highest BCUT2D eigenvalue weighted by Gasteiger charge is 2.28. The number of amides is 1. The van der Waals surface area contributed by atoms with E-state index >= 15 is 0 Å². The lowest BCUT2D eigenvalue weighted by molar-refractivity contribution is -0.131. The van der Waals surface area contributed by atoms with Gasteiger partial charge in [0.2, 0.25) is 11.8 Å². The third-order valence-corrected chi connectivity index (χ3v) is 3.54. The van der Waals surface area contributed by atoms with Crippen molar-refractivity contribution in [3.05, 3.63) is 18.6 Å². The van der Waals surface area contributed by atoms with E-state index in [1.54, 1.807) is 18.6 Å². The largest absolute Gasteiger partial charge is 0.471 e. The molecular weight excluding hydrogens is 242 g/mol. The van der Waals surface area contributed by atoms with Crippen LogP contribution in [-0.2, 0) is 4.79 Å². The molecule has 0 N–H and O–H groups in total. The summed E-state index contributed by atoms with van der Waals surface area (Å²) in [5, 5.41) is 0. The lowest BCUT2D eigenvalue weighted by Crippen LogP contribution is -2.31. The van der Waals surface area contributed by atoms with E-state index in [-0.39, 0.29) is 12.0 Å². The van der Waals surface area contributed by atoms with Gasteiger partial charge in [0.25, 0.3) is 0 Å². The molecule has 2 atom stereocenters. The highest BCUT2D eigenvalue weighted by molar-refractivity contribution is 5.76. The van der Waals surface area contributed by atoms with Gasteiger partial charge in [0.15, 0.2) is 0 Å². The second-order valence-electron chi connectivity index (χ2n) is 5.13. The van der Waals surface area contributed by atoms with E-state index in [2.05, 4.69) is 23.8 Å². The van der Waals surface area contributed by atoms with Gasteiger partial charge in [-0.25, -0.2) is 4.98 Å². The summed E-state index contributed by atoms with van der Waals surface area (Å²) < 4.78 is 5.72. The smallest absolute Gasteiger partial charge is 0.232 e. The molecule has 5 heteroatoms. The molecular formula is C14H21N3O2. The Hall–Kier alpha value is -1.65. The van der Waals surface area contributed by atoms with Gasteiger partial charge < -0.3 is 9.64 Å². The van der Waals surface area contributed by atoms with Crippen LogP contribution >= 0.6 is 0 Å². The molecule has 1 amide bonds. The Kier molecular flexibility index (Phi) is 4.71. The van der Waals surface area contributed by atoms with Crippen LogP contribution in [0.4, 0.5) is 0 Å². The van der Waals surface area contributed by atoms with Gasteiger partial charge in [-0.3, -0.25) is 9.78 Å². The molecule has 1 aromatic rings. The van der Waals surface area contributed by atoms with Crippen molar-refractivity contribution in [2.45, 2.75) is 39.2 Å². The van der Waals surface area contributed by atoms with Crippen molar-refractivity contribution in [3.63, 3.8) is 0 Å². The van der Waals surface area contributed by atoms with Gasteiger partial charge >= 0.3 is 0 Å². The molecule has 2 rings (SSSR count).